The first-order valence-corrected chi connectivity index (χ1v) is 8.49. The van der Waals surface area contributed by atoms with Crippen LogP contribution in [0.15, 0.2) is 22.7 Å². The molecule has 2 nitrogen and oxygen atoms in total. The summed E-state index contributed by atoms with van der Waals surface area (Å²) < 4.78 is 0.967. The van der Waals surface area contributed by atoms with Crippen molar-refractivity contribution in [3.8, 4) is 0 Å². The quantitative estimate of drug-likeness (QED) is 0.778. The van der Waals surface area contributed by atoms with E-state index in [1.54, 1.807) is 0 Å². The van der Waals surface area contributed by atoms with Gasteiger partial charge in [0.2, 0.25) is 0 Å². The zero-order valence-corrected chi connectivity index (χ0v) is 14.2. The Kier molecular flexibility index (Phi) is 5.50. The van der Waals surface area contributed by atoms with Gasteiger partial charge < -0.3 is 5.32 Å². The molecule has 110 valence electrons. The molecule has 0 heterocycles. The molecule has 20 heavy (non-hydrogen) atoms. The van der Waals surface area contributed by atoms with Crippen LogP contribution in [0, 0.1) is 12.3 Å². The number of rotatable bonds is 4. The molecular weight excluding hydrogens is 338 g/mol. The summed E-state index contributed by atoms with van der Waals surface area (Å²) in [5.74, 6) is 0.617. The molecule has 1 amide bonds. The molecule has 0 radical (unpaired) electrons. The first-order chi connectivity index (χ1) is 9.56. The smallest absolute Gasteiger partial charge is 0.251 e. The second kappa shape index (κ2) is 6.95. The van der Waals surface area contributed by atoms with Crippen molar-refractivity contribution < 1.29 is 4.79 Å². The number of halogens is 2. The Bertz CT molecular complexity index is 483. The van der Waals surface area contributed by atoms with E-state index in [9.17, 15) is 4.79 Å². The van der Waals surface area contributed by atoms with Gasteiger partial charge in [0.1, 0.15) is 0 Å². The van der Waals surface area contributed by atoms with Gasteiger partial charge in [-0.2, -0.15) is 0 Å². The van der Waals surface area contributed by atoms with Gasteiger partial charge in [0.05, 0.1) is 0 Å². The summed E-state index contributed by atoms with van der Waals surface area (Å²) in [6, 6.07) is 5.69. The van der Waals surface area contributed by atoms with Crippen molar-refractivity contribution in [1.82, 2.24) is 5.32 Å². The predicted octanol–water partition coefficient (Wildman–Crippen LogP) is 4.68. The minimum Gasteiger partial charge on any atom is -0.351 e. The maximum absolute atomic E-state index is 12.2. The fraction of sp³-hybridized carbons (Fsp3) is 0.562. The van der Waals surface area contributed by atoms with Crippen molar-refractivity contribution in [1.29, 1.82) is 0 Å². The maximum Gasteiger partial charge on any atom is 0.251 e. The first-order valence-electron chi connectivity index (χ1n) is 7.17. The van der Waals surface area contributed by atoms with E-state index in [0.717, 1.165) is 22.9 Å². The lowest BCUT2D eigenvalue weighted by Crippen LogP contribution is -2.40. The SMILES string of the molecule is Cc1ccc(C(=O)NCC2(CCl)CCCCC2)cc1Br. The van der Waals surface area contributed by atoms with Crippen LogP contribution in [0.3, 0.4) is 0 Å². The molecule has 0 unspecified atom stereocenters. The molecule has 1 aromatic rings. The average Bonchev–Trinajstić information content (AvgIpc) is 2.48. The standard InChI is InChI=1S/C16H21BrClNO/c1-12-5-6-13(9-14(12)17)15(20)19-11-16(10-18)7-3-2-4-8-16/h5-6,9H,2-4,7-8,10-11H2,1H3,(H,19,20). The van der Waals surface area contributed by atoms with E-state index in [0.29, 0.717) is 18.0 Å². The van der Waals surface area contributed by atoms with Crippen LogP contribution in [0.1, 0.15) is 48.0 Å². The van der Waals surface area contributed by atoms with Gasteiger partial charge in [0.25, 0.3) is 5.91 Å². The summed E-state index contributed by atoms with van der Waals surface area (Å²) in [5.41, 5.74) is 1.92. The molecule has 0 aliphatic heterocycles. The lowest BCUT2D eigenvalue weighted by atomic mass is 9.75. The van der Waals surface area contributed by atoms with Crippen LogP contribution in [0.2, 0.25) is 0 Å². The van der Waals surface area contributed by atoms with Gasteiger partial charge in [-0.15, -0.1) is 11.6 Å². The van der Waals surface area contributed by atoms with Gasteiger partial charge in [0.15, 0.2) is 0 Å². The molecule has 1 aromatic carbocycles. The summed E-state index contributed by atoms with van der Waals surface area (Å²) >= 11 is 9.62. The van der Waals surface area contributed by atoms with E-state index in [1.165, 1.54) is 19.3 Å². The topological polar surface area (TPSA) is 29.1 Å². The number of hydrogen-bond donors (Lipinski definition) is 1. The molecule has 1 fully saturated rings. The number of nitrogens with one attached hydrogen (secondary N) is 1. The van der Waals surface area contributed by atoms with Gasteiger partial charge in [-0.05, 0) is 37.5 Å². The van der Waals surface area contributed by atoms with E-state index in [2.05, 4.69) is 21.2 Å². The summed E-state index contributed by atoms with van der Waals surface area (Å²) in [4.78, 5) is 12.2. The fourth-order valence-corrected chi connectivity index (χ4v) is 3.50. The molecule has 0 spiro atoms. The second-order valence-electron chi connectivity index (χ2n) is 5.84. The van der Waals surface area contributed by atoms with Crippen molar-refractivity contribution in [2.75, 3.05) is 12.4 Å². The Morgan fingerprint density at radius 2 is 2.05 bits per heavy atom. The van der Waals surface area contributed by atoms with Gasteiger partial charge in [-0.3, -0.25) is 4.79 Å². The molecule has 1 aliphatic carbocycles. The molecule has 2 rings (SSSR count). The Balaban J connectivity index is 1.98. The van der Waals surface area contributed by atoms with Gasteiger partial charge >= 0.3 is 0 Å². The Morgan fingerprint density at radius 3 is 2.65 bits per heavy atom. The molecule has 0 atom stereocenters. The maximum atomic E-state index is 12.2. The van der Waals surface area contributed by atoms with Crippen molar-refractivity contribution in [3.05, 3.63) is 33.8 Å². The molecule has 0 bridgehead atoms. The van der Waals surface area contributed by atoms with Crippen LogP contribution < -0.4 is 5.32 Å². The highest BCUT2D eigenvalue weighted by Gasteiger charge is 2.31. The van der Waals surface area contributed by atoms with Gasteiger partial charge in [-0.25, -0.2) is 0 Å². The van der Waals surface area contributed by atoms with Crippen LogP contribution >= 0.6 is 27.5 Å². The number of amides is 1. The number of aryl methyl sites for hydroxylation is 1. The molecule has 4 heteroatoms. The monoisotopic (exact) mass is 357 g/mol. The summed E-state index contributed by atoms with van der Waals surface area (Å²) in [6.45, 7) is 2.69. The zero-order valence-electron chi connectivity index (χ0n) is 11.8. The molecular formula is C16H21BrClNO. The highest BCUT2D eigenvalue weighted by Crippen LogP contribution is 2.36. The largest absolute Gasteiger partial charge is 0.351 e. The van der Waals surface area contributed by atoms with E-state index < -0.39 is 0 Å². The Hall–Kier alpha value is -0.540. The predicted molar refractivity (Wildman–Crippen MR) is 87.5 cm³/mol. The third-order valence-corrected chi connectivity index (χ3v) is 5.68. The number of hydrogen-bond acceptors (Lipinski definition) is 1. The molecule has 0 saturated heterocycles. The average molecular weight is 359 g/mol. The molecule has 1 N–H and O–H groups in total. The third-order valence-electron chi connectivity index (χ3n) is 4.26. The van der Waals surface area contributed by atoms with Crippen LogP contribution in [0.5, 0.6) is 0 Å². The summed E-state index contributed by atoms with van der Waals surface area (Å²) in [7, 11) is 0. The van der Waals surface area contributed by atoms with Crippen molar-refractivity contribution in [3.63, 3.8) is 0 Å². The van der Waals surface area contributed by atoms with Crippen LogP contribution in [-0.2, 0) is 0 Å². The molecule has 1 aliphatic rings. The van der Waals surface area contributed by atoms with Crippen molar-refractivity contribution >= 4 is 33.4 Å². The first kappa shape index (κ1) is 15.8. The van der Waals surface area contributed by atoms with Gasteiger partial charge in [-0.1, -0.05) is 41.3 Å². The van der Waals surface area contributed by atoms with Crippen molar-refractivity contribution in [2.24, 2.45) is 5.41 Å². The minimum absolute atomic E-state index is 0.0132. The highest BCUT2D eigenvalue weighted by molar-refractivity contribution is 9.10. The summed E-state index contributed by atoms with van der Waals surface area (Å²) in [5, 5.41) is 3.06. The van der Waals surface area contributed by atoms with Crippen LogP contribution in [-0.4, -0.2) is 18.3 Å². The number of benzene rings is 1. The minimum atomic E-state index is -0.0132. The van der Waals surface area contributed by atoms with Crippen LogP contribution in [0.25, 0.3) is 0 Å². The number of alkyl halides is 1. The third kappa shape index (κ3) is 3.76. The van der Waals surface area contributed by atoms with E-state index in [4.69, 9.17) is 11.6 Å². The molecule has 0 aromatic heterocycles. The highest BCUT2D eigenvalue weighted by atomic mass is 79.9. The Labute approximate surface area is 134 Å². The van der Waals surface area contributed by atoms with Crippen LogP contribution in [0.4, 0.5) is 0 Å². The summed E-state index contributed by atoms with van der Waals surface area (Å²) in [6.07, 6.45) is 5.97. The number of carbonyl (C=O) groups excluding carboxylic acids is 1. The van der Waals surface area contributed by atoms with Crippen molar-refractivity contribution in [2.45, 2.75) is 39.0 Å². The Morgan fingerprint density at radius 1 is 1.35 bits per heavy atom. The van der Waals surface area contributed by atoms with E-state index >= 15 is 0 Å². The normalized spacial score (nSPS) is 17.8. The number of carbonyl (C=O) groups is 1. The van der Waals surface area contributed by atoms with E-state index in [1.807, 2.05) is 25.1 Å². The van der Waals surface area contributed by atoms with E-state index in [-0.39, 0.29) is 11.3 Å². The molecule has 1 saturated carbocycles. The lowest BCUT2D eigenvalue weighted by Gasteiger charge is -2.35. The fourth-order valence-electron chi connectivity index (χ4n) is 2.76. The lowest BCUT2D eigenvalue weighted by molar-refractivity contribution is 0.0921. The van der Waals surface area contributed by atoms with Gasteiger partial charge in [0, 0.05) is 27.9 Å². The second-order valence-corrected chi connectivity index (χ2v) is 6.96. The zero-order chi connectivity index (χ0) is 14.6.